The van der Waals surface area contributed by atoms with Crippen molar-refractivity contribution < 1.29 is 9.21 Å². The van der Waals surface area contributed by atoms with Crippen LogP contribution in [0.5, 0.6) is 0 Å². The molecule has 144 valence electrons. The summed E-state index contributed by atoms with van der Waals surface area (Å²) < 4.78 is 5.49. The first-order valence-electron chi connectivity index (χ1n) is 9.95. The molecule has 1 amide bonds. The molecule has 0 saturated carbocycles. The lowest BCUT2D eigenvalue weighted by Crippen LogP contribution is -2.41. The van der Waals surface area contributed by atoms with E-state index in [9.17, 15) is 4.79 Å². The Bertz CT molecular complexity index is 765. The topological polar surface area (TPSA) is 62.5 Å². The van der Waals surface area contributed by atoms with Gasteiger partial charge < -0.3 is 9.32 Å². The number of likely N-dealkylation sites (tertiary alicyclic amines) is 2. The predicted molar refractivity (Wildman–Crippen MR) is 102 cm³/mol. The Hall–Kier alpha value is -2.21. The van der Waals surface area contributed by atoms with Crippen LogP contribution in [0, 0.1) is 12.3 Å². The Balaban J connectivity index is 1.25. The summed E-state index contributed by atoms with van der Waals surface area (Å²) in [6.45, 7) is 6.32. The van der Waals surface area contributed by atoms with Gasteiger partial charge in [0, 0.05) is 26.4 Å². The lowest BCUT2D eigenvalue weighted by Gasteiger charge is -2.38. The Morgan fingerprint density at radius 2 is 1.93 bits per heavy atom. The van der Waals surface area contributed by atoms with Gasteiger partial charge in [0.15, 0.2) is 0 Å². The van der Waals surface area contributed by atoms with E-state index in [2.05, 4.69) is 44.3 Å². The number of nitrogens with zero attached hydrogens (tertiary/aromatic N) is 4. The summed E-state index contributed by atoms with van der Waals surface area (Å²) in [5, 5.41) is 7.99. The third kappa shape index (κ3) is 4.38. The van der Waals surface area contributed by atoms with Crippen LogP contribution in [-0.4, -0.2) is 52.1 Å². The monoisotopic (exact) mass is 368 g/mol. The van der Waals surface area contributed by atoms with Gasteiger partial charge in [-0.15, -0.1) is 10.2 Å². The highest BCUT2D eigenvalue weighted by Gasteiger charge is 2.44. The average molecular weight is 368 g/mol. The first-order chi connectivity index (χ1) is 13.1. The number of carbonyl (C=O) groups is 1. The first kappa shape index (κ1) is 18.2. The number of aromatic nitrogens is 2. The molecule has 0 atom stereocenters. The van der Waals surface area contributed by atoms with E-state index in [0.29, 0.717) is 30.7 Å². The number of piperidine rings is 1. The van der Waals surface area contributed by atoms with Crippen LogP contribution >= 0.6 is 0 Å². The maximum atomic E-state index is 12.5. The van der Waals surface area contributed by atoms with Gasteiger partial charge in [0.25, 0.3) is 0 Å². The van der Waals surface area contributed by atoms with Crippen molar-refractivity contribution in [1.82, 2.24) is 20.0 Å². The number of hydrogen-bond donors (Lipinski definition) is 0. The molecule has 2 saturated heterocycles. The van der Waals surface area contributed by atoms with Crippen molar-refractivity contribution in [2.75, 3.05) is 26.2 Å². The summed E-state index contributed by atoms with van der Waals surface area (Å²) in [5.41, 5.74) is 1.52. The van der Waals surface area contributed by atoms with Crippen molar-refractivity contribution in [1.29, 1.82) is 0 Å². The molecule has 6 nitrogen and oxygen atoms in total. The van der Waals surface area contributed by atoms with Gasteiger partial charge in [0.2, 0.25) is 17.7 Å². The molecule has 27 heavy (non-hydrogen) atoms. The standard InChI is InChI=1S/C21H28N4O2/c1-17-22-23-19(27-17)15-24-12-9-21(10-13-24)14-20(26)25(16-21)11-5-8-18-6-3-2-4-7-18/h2-4,6-7H,5,8-16H2,1H3. The van der Waals surface area contributed by atoms with Gasteiger partial charge in [0.1, 0.15) is 0 Å². The van der Waals surface area contributed by atoms with E-state index in [-0.39, 0.29) is 5.41 Å². The second kappa shape index (κ2) is 7.80. The summed E-state index contributed by atoms with van der Waals surface area (Å²) in [5.74, 6) is 1.64. The molecule has 1 aromatic carbocycles. The molecule has 4 rings (SSSR count). The lowest BCUT2D eigenvalue weighted by atomic mass is 9.77. The molecule has 0 aliphatic carbocycles. The van der Waals surface area contributed by atoms with E-state index in [1.807, 2.05) is 13.0 Å². The number of aryl methyl sites for hydroxylation is 2. The zero-order valence-corrected chi connectivity index (χ0v) is 16.1. The number of amides is 1. The fraction of sp³-hybridized carbons (Fsp3) is 0.571. The van der Waals surface area contributed by atoms with Crippen LogP contribution in [0.2, 0.25) is 0 Å². The highest BCUT2D eigenvalue weighted by atomic mass is 16.4. The predicted octanol–water partition coefficient (Wildman–Crippen LogP) is 2.83. The summed E-state index contributed by atoms with van der Waals surface area (Å²) >= 11 is 0. The molecular formula is C21H28N4O2. The van der Waals surface area contributed by atoms with Crippen LogP contribution in [0.1, 0.15) is 43.0 Å². The van der Waals surface area contributed by atoms with Gasteiger partial charge in [-0.3, -0.25) is 9.69 Å². The van der Waals surface area contributed by atoms with Crippen molar-refractivity contribution >= 4 is 5.91 Å². The quantitative estimate of drug-likeness (QED) is 0.785. The van der Waals surface area contributed by atoms with E-state index >= 15 is 0 Å². The van der Waals surface area contributed by atoms with Gasteiger partial charge in [-0.2, -0.15) is 0 Å². The van der Waals surface area contributed by atoms with Gasteiger partial charge in [-0.25, -0.2) is 0 Å². The van der Waals surface area contributed by atoms with Crippen LogP contribution in [0.4, 0.5) is 0 Å². The number of hydrogen-bond acceptors (Lipinski definition) is 5. The molecule has 1 spiro atoms. The van der Waals surface area contributed by atoms with Crippen molar-refractivity contribution in [2.24, 2.45) is 5.41 Å². The van der Waals surface area contributed by atoms with Crippen LogP contribution in [0.15, 0.2) is 34.7 Å². The van der Waals surface area contributed by atoms with E-state index in [0.717, 1.165) is 51.9 Å². The molecule has 0 bridgehead atoms. The molecule has 0 unspecified atom stereocenters. The fourth-order valence-electron chi connectivity index (χ4n) is 4.42. The number of carbonyl (C=O) groups excluding carboxylic acids is 1. The van der Waals surface area contributed by atoms with E-state index in [4.69, 9.17) is 4.42 Å². The maximum absolute atomic E-state index is 12.5. The van der Waals surface area contributed by atoms with Crippen molar-refractivity contribution in [2.45, 2.75) is 45.6 Å². The Morgan fingerprint density at radius 3 is 2.63 bits per heavy atom. The van der Waals surface area contributed by atoms with Crippen LogP contribution < -0.4 is 0 Å². The van der Waals surface area contributed by atoms with Crippen molar-refractivity contribution in [3.8, 4) is 0 Å². The van der Waals surface area contributed by atoms with Crippen LogP contribution in [0.25, 0.3) is 0 Å². The van der Waals surface area contributed by atoms with Crippen LogP contribution in [0.3, 0.4) is 0 Å². The highest BCUT2D eigenvalue weighted by molar-refractivity contribution is 5.79. The van der Waals surface area contributed by atoms with Gasteiger partial charge in [0.05, 0.1) is 6.54 Å². The number of rotatable bonds is 6. The van der Waals surface area contributed by atoms with E-state index in [1.165, 1.54) is 5.56 Å². The van der Waals surface area contributed by atoms with Gasteiger partial charge in [-0.1, -0.05) is 30.3 Å². The highest BCUT2D eigenvalue weighted by Crippen LogP contribution is 2.41. The molecule has 2 aromatic rings. The second-order valence-electron chi connectivity index (χ2n) is 8.07. The molecular weight excluding hydrogens is 340 g/mol. The van der Waals surface area contributed by atoms with Crippen molar-refractivity contribution in [3.05, 3.63) is 47.7 Å². The summed E-state index contributed by atoms with van der Waals surface area (Å²) in [6.07, 6.45) is 4.93. The third-order valence-corrected chi connectivity index (χ3v) is 5.98. The molecule has 6 heteroatoms. The minimum Gasteiger partial charge on any atom is -0.424 e. The summed E-state index contributed by atoms with van der Waals surface area (Å²) in [7, 11) is 0. The third-order valence-electron chi connectivity index (χ3n) is 5.98. The molecule has 2 aliphatic heterocycles. The molecule has 0 N–H and O–H groups in total. The Labute approximate surface area is 160 Å². The largest absolute Gasteiger partial charge is 0.424 e. The SMILES string of the molecule is Cc1nnc(CN2CCC3(CC2)CC(=O)N(CCCc2ccccc2)C3)o1. The average Bonchev–Trinajstić information content (AvgIpc) is 3.21. The Morgan fingerprint density at radius 1 is 1.15 bits per heavy atom. The number of benzene rings is 1. The second-order valence-corrected chi connectivity index (χ2v) is 8.07. The van der Waals surface area contributed by atoms with Crippen LogP contribution in [-0.2, 0) is 17.8 Å². The van der Waals surface area contributed by atoms with Crippen molar-refractivity contribution in [3.63, 3.8) is 0 Å². The molecule has 2 fully saturated rings. The lowest BCUT2D eigenvalue weighted by molar-refractivity contribution is -0.127. The first-order valence-corrected chi connectivity index (χ1v) is 9.95. The molecule has 0 radical (unpaired) electrons. The normalized spacial score (nSPS) is 19.9. The van der Waals surface area contributed by atoms with Gasteiger partial charge in [-0.05, 0) is 49.8 Å². The molecule has 1 aromatic heterocycles. The summed E-state index contributed by atoms with van der Waals surface area (Å²) in [6, 6.07) is 10.5. The fourth-order valence-corrected chi connectivity index (χ4v) is 4.42. The summed E-state index contributed by atoms with van der Waals surface area (Å²) in [4.78, 5) is 17.0. The minimum absolute atomic E-state index is 0.172. The zero-order valence-electron chi connectivity index (χ0n) is 16.1. The van der Waals surface area contributed by atoms with Gasteiger partial charge >= 0.3 is 0 Å². The Kier molecular flexibility index (Phi) is 5.25. The molecule has 3 heterocycles. The zero-order chi connectivity index (χ0) is 18.7. The maximum Gasteiger partial charge on any atom is 0.230 e. The minimum atomic E-state index is 0.172. The molecule has 2 aliphatic rings. The van der Waals surface area contributed by atoms with E-state index in [1.54, 1.807) is 0 Å². The smallest absolute Gasteiger partial charge is 0.230 e. The van der Waals surface area contributed by atoms with E-state index < -0.39 is 0 Å².